The molecule has 0 saturated carbocycles. The van der Waals surface area contributed by atoms with E-state index in [9.17, 15) is 19.2 Å². The number of benzene rings is 2. The van der Waals surface area contributed by atoms with Crippen LogP contribution >= 0.6 is 34.8 Å². The van der Waals surface area contributed by atoms with Crippen LogP contribution in [0.1, 0.15) is 26.3 Å². The normalized spacial score (nSPS) is 12.6. The largest absolute Gasteiger partial charge is 0.495 e. The highest BCUT2D eigenvalue weighted by Gasteiger charge is 2.37. The summed E-state index contributed by atoms with van der Waals surface area (Å²) in [6.45, 7) is 0.447. The van der Waals surface area contributed by atoms with Crippen molar-refractivity contribution in [2.75, 3.05) is 25.6 Å². The van der Waals surface area contributed by atoms with Gasteiger partial charge in [0.15, 0.2) is 6.61 Å². The van der Waals surface area contributed by atoms with Gasteiger partial charge in [-0.05, 0) is 30.7 Å². The number of methoxy groups -OCH3 is 1. The van der Waals surface area contributed by atoms with Crippen LogP contribution in [0.3, 0.4) is 0 Å². The molecule has 11 heteroatoms. The first-order chi connectivity index (χ1) is 14.6. The summed E-state index contributed by atoms with van der Waals surface area (Å²) in [5, 5.41) is 3.22. The number of nitrogens with one attached hydrogen (secondary N) is 1. The van der Waals surface area contributed by atoms with Crippen LogP contribution in [0, 0.1) is 6.92 Å². The molecule has 1 N–H and O–H groups in total. The summed E-state index contributed by atoms with van der Waals surface area (Å²) < 4.78 is 10.1. The second-order valence-corrected chi connectivity index (χ2v) is 7.74. The van der Waals surface area contributed by atoms with Gasteiger partial charge in [0, 0.05) is 11.1 Å². The lowest BCUT2D eigenvalue weighted by atomic mass is 10.1. The maximum absolute atomic E-state index is 12.4. The van der Waals surface area contributed by atoms with E-state index < -0.39 is 36.8 Å². The molecule has 0 radical (unpaired) electrons. The summed E-state index contributed by atoms with van der Waals surface area (Å²) in [6.07, 6.45) is 0. The van der Waals surface area contributed by atoms with Gasteiger partial charge in [0.05, 0.1) is 34.0 Å². The van der Waals surface area contributed by atoms with Crippen molar-refractivity contribution in [3.05, 3.63) is 56.0 Å². The zero-order valence-corrected chi connectivity index (χ0v) is 18.5. The smallest absolute Gasteiger partial charge is 0.326 e. The monoisotopic (exact) mass is 484 g/mol. The fraction of sp³-hybridized carbons (Fsp3) is 0.200. The van der Waals surface area contributed by atoms with Crippen molar-refractivity contribution in [1.29, 1.82) is 0 Å². The molecule has 1 aliphatic rings. The second-order valence-electron chi connectivity index (χ2n) is 6.52. The predicted molar refractivity (Wildman–Crippen MR) is 114 cm³/mol. The average molecular weight is 486 g/mol. The molecule has 2 aromatic rings. The third-order valence-corrected chi connectivity index (χ3v) is 5.55. The van der Waals surface area contributed by atoms with Gasteiger partial charge in [0.1, 0.15) is 12.3 Å². The van der Waals surface area contributed by atoms with Crippen molar-refractivity contribution < 1.29 is 28.7 Å². The first kappa shape index (κ1) is 22.9. The lowest BCUT2D eigenvalue weighted by Gasteiger charge is -2.14. The van der Waals surface area contributed by atoms with Gasteiger partial charge in [0.25, 0.3) is 17.7 Å². The van der Waals surface area contributed by atoms with Crippen LogP contribution in [0.15, 0.2) is 24.3 Å². The Morgan fingerprint density at radius 2 is 1.55 bits per heavy atom. The number of esters is 1. The molecule has 0 aromatic heterocycles. The third kappa shape index (κ3) is 4.76. The summed E-state index contributed by atoms with van der Waals surface area (Å²) in [6, 6.07) is 5.68. The fourth-order valence-corrected chi connectivity index (χ4v) is 3.35. The van der Waals surface area contributed by atoms with Crippen molar-refractivity contribution >= 4 is 64.2 Å². The van der Waals surface area contributed by atoms with Crippen LogP contribution in [0.2, 0.25) is 15.1 Å². The first-order valence-corrected chi connectivity index (χ1v) is 9.90. The Bertz CT molecular complexity index is 1080. The number of hydrogen-bond acceptors (Lipinski definition) is 6. The standard InChI is InChI=1S/C20H15Cl3N2O6/c1-9-3-15(16(30-2)6-12(9)21)24-17(26)8-31-18(27)7-25-19(28)10-4-13(22)14(23)5-11(10)20(25)29/h3-6H,7-8H2,1-2H3,(H,24,26). The van der Waals surface area contributed by atoms with Crippen LogP contribution in [0.25, 0.3) is 0 Å². The summed E-state index contributed by atoms with van der Waals surface area (Å²) in [5.41, 5.74) is 1.13. The number of halogens is 3. The molecule has 0 aliphatic carbocycles. The number of nitrogens with zero attached hydrogens (tertiary/aromatic N) is 1. The Balaban J connectivity index is 1.60. The molecule has 1 heterocycles. The zero-order chi connectivity index (χ0) is 22.9. The van der Waals surface area contributed by atoms with Crippen LogP contribution in [-0.4, -0.2) is 48.9 Å². The summed E-state index contributed by atoms with van der Waals surface area (Å²) >= 11 is 17.8. The number of fused-ring (bicyclic) bond motifs is 1. The summed E-state index contributed by atoms with van der Waals surface area (Å²) in [4.78, 5) is 49.8. The number of rotatable bonds is 6. The van der Waals surface area contributed by atoms with Gasteiger partial charge in [-0.2, -0.15) is 0 Å². The van der Waals surface area contributed by atoms with Crippen molar-refractivity contribution in [3.8, 4) is 5.75 Å². The zero-order valence-electron chi connectivity index (χ0n) is 16.3. The van der Waals surface area contributed by atoms with Gasteiger partial charge in [-0.15, -0.1) is 0 Å². The first-order valence-electron chi connectivity index (χ1n) is 8.77. The number of amides is 3. The lowest BCUT2D eigenvalue weighted by Crippen LogP contribution is -2.36. The maximum atomic E-state index is 12.4. The molecule has 0 saturated heterocycles. The fourth-order valence-electron chi connectivity index (χ4n) is 2.86. The number of carbonyl (C=O) groups is 4. The highest BCUT2D eigenvalue weighted by Crippen LogP contribution is 2.32. The molecule has 8 nitrogen and oxygen atoms in total. The Morgan fingerprint density at radius 1 is 0.968 bits per heavy atom. The molecule has 3 amide bonds. The lowest BCUT2D eigenvalue weighted by molar-refractivity contribution is -0.147. The minimum atomic E-state index is -0.943. The molecule has 0 atom stereocenters. The van der Waals surface area contributed by atoms with Gasteiger partial charge in [0.2, 0.25) is 0 Å². The molecule has 0 unspecified atom stereocenters. The molecule has 3 rings (SSSR count). The number of hydrogen-bond donors (Lipinski definition) is 1. The van der Waals surface area contributed by atoms with Crippen LogP contribution in [-0.2, 0) is 14.3 Å². The summed E-state index contributed by atoms with van der Waals surface area (Å²) in [5.74, 6) is -2.67. The van der Waals surface area contributed by atoms with E-state index in [1.165, 1.54) is 19.2 Å². The quantitative estimate of drug-likeness (QED) is 0.494. The van der Waals surface area contributed by atoms with E-state index in [1.807, 2.05) is 0 Å². The topological polar surface area (TPSA) is 102 Å². The molecule has 1 aliphatic heterocycles. The Morgan fingerprint density at radius 3 is 2.10 bits per heavy atom. The van der Waals surface area contributed by atoms with Crippen LogP contribution in [0.5, 0.6) is 5.75 Å². The number of carbonyl (C=O) groups excluding carboxylic acids is 4. The molecule has 0 bridgehead atoms. The molecule has 2 aromatic carbocycles. The van der Waals surface area contributed by atoms with Crippen molar-refractivity contribution in [1.82, 2.24) is 4.90 Å². The predicted octanol–water partition coefficient (Wildman–Crippen LogP) is 3.74. The van der Waals surface area contributed by atoms with Crippen LogP contribution in [0.4, 0.5) is 5.69 Å². The van der Waals surface area contributed by atoms with E-state index in [-0.39, 0.29) is 21.2 Å². The summed E-state index contributed by atoms with van der Waals surface area (Å²) in [7, 11) is 1.42. The second kappa shape index (κ2) is 9.13. The molecule has 0 fully saturated rings. The van der Waals surface area contributed by atoms with Gasteiger partial charge in [-0.1, -0.05) is 34.8 Å². The number of imide groups is 1. The number of anilines is 1. The van der Waals surface area contributed by atoms with Crippen molar-refractivity contribution in [2.45, 2.75) is 6.92 Å². The molecule has 0 spiro atoms. The van der Waals surface area contributed by atoms with E-state index in [0.717, 1.165) is 0 Å². The number of aryl methyl sites for hydroxylation is 1. The molecule has 162 valence electrons. The van der Waals surface area contributed by atoms with Gasteiger partial charge < -0.3 is 14.8 Å². The van der Waals surface area contributed by atoms with Gasteiger partial charge in [-0.3, -0.25) is 24.1 Å². The van der Waals surface area contributed by atoms with Gasteiger partial charge in [-0.25, -0.2) is 0 Å². The van der Waals surface area contributed by atoms with Crippen molar-refractivity contribution in [2.24, 2.45) is 0 Å². The molecule has 31 heavy (non-hydrogen) atoms. The van der Waals surface area contributed by atoms with E-state index in [0.29, 0.717) is 26.9 Å². The highest BCUT2D eigenvalue weighted by molar-refractivity contribution is 6.43. The number of ether oxygens (including phenoxy) is 2. The Hall–Kier alpha value is -2.81. The van der Waals surface area contributed by atoms with E-state index in [2.05, 4.69) is 5.32 Å². The SMILES string of the molecule is COc1cc(Cl)c(C)cc1NC(=O)COC(=O)CN1C(=O)c2cc(Cl)c(Cl)cc2C1=O. The Kier molecular flexibility index (Phi) is 6.74. The third-order valence-electron chi connectivity index (χ3n) is 4.42. The van der Waals surface area contributed by atoms with E-state index in [1.54, 1.807) is 19.1 Å². The van der Waals surface area contributed by atoms with E-state index >= 15 is 0 Å². The Labute approximate surface area is 191 Å². The van der Waals surface area contributed by atoms with Gasteiger partial charge >= 0.3 is 5.97 Å². The minimum absolute atomic E-state index is 0.0372. The van der Waals surface area contributed by atoms with Crippen LogP contribution < -0.4 is 10.1 Å². The maximum Gasteiger partial charge on any atom is 0.326 e. The minimum Gasteiger partial charge on any atom is -0.495 e. The molecular weight excluding hydrogens is 471 g/mol. The average Bonchev–Trinajstić information content (AvgIpc) is 2.93. The molecular formula is C20H15Cl3N2O6. The van der Waals surface area contributed by atoms with Crippen molar-refractivity contribution in [3.63, 3.8) is 0 Å². The van der Waals surface area contributed by atoms with E-state index in [4.69, 9.17) is 44.3 Å². The highest BCUT2D eigenvalue weighted by atomic mass is 35.5.